The number of amides is 1. The number of alkyl halides is 2. The molecule has 1 aromatic heterocycles. The van der Waals surface area contributed by atoms with Crippen LogP contribution in [0.4, 0.5) is 8.78 Å². The first-order valence-electron chi connectivity index (χ1n) is 6.75. The Morgan fingerprint density at radius 2 is 2.05 bits per heavy atom. The molecule has 6 heteroatoms. The molecule has 1 atom stereocenters. The number of halogens is 2. The minimum Gasteiger partial charge on any atom is -0.355 e. The standard InChI is InChI=1S/C15H15F2N3O/c1-9-13(8-20(19-9)15(16)17)11-4-2-10(3-5-11)12-6-14(21)18-7-12/h2-5,8,12,15H,6-7H2,1H3,(H,18,21). The summed E-state index contributed by atoms with van der Waals surface area (Å²) in [6.45, 7) is -0.269. The van der Waals surface area contributed by atoms with E-state index < -0.39 is 6.55 Å². The van der Waals surface area contributed by atoms with Crippen LogP contribution in [0.1, 0.15) is 30.1 Å². The molecule has 0 saturated carbocycles. The fraction of sp³-hybridized carbons (Fsp3) is 0.333. The smallest absolute Gasteiger partial charge is 0.333 e. The molecule has 1 aliphatic rings. The summed E-state index contributed by atoms with van der Waals surface area (Å²) >= 11 is 0. The Balaban J connectivity index is 1.85. The van der Waals surface area contributed by atoms with E-state index in [2.05, 4.69) is 10.4 Å². The summed E-state index contributed by atoms with van der Waals surface area (Å²) < 4.78 is 26.0. The lowest BCUT2D eigenvalue weighted by molar-refractivity contribution is -0.119. The van der Waals surface area contributed by atoms with Crippen LogP contribution < -0.4 is 5.32 Å². The van der Waals surface area contributed by atoms with Crippen molar-refractivity contribution in [2.75, 3.05) is 6.54 Å². The highest BCUT2D eigenvalue weighted by Crippen LogP contribution is 2.28. The number of benzene rings is 1. The fourth-order valence-electron chi connectivity index (χ4n) is 2.64. The third-order valence-corrected chi connectivity index (χ3v) is 3.79. The maximum atomic E-state index is 12.6. The number of aryl methyl sites for hydroxylation is 1. The number of carbonyl (C=O) groups excluding carboxylic acids is 1. The van der Waals surface area contributed by atoms with Gasteiger partial charge in [-0.1, -0.05) is 24.3 Å². The van der Waals surface area contributed by atoms with Gasteiger partial charge in [0, 0.05) is 30.6 Å². The van der Waals surface area contributed by atoms with Crippen LogP contribution in [-0.2, 0) is 4.79 Å². The number of aromatic nitrogens is 2. The number of carbonyl (C=O) groups is 1. The van der Waals surface area contributed by atoms with Gasteiger partial charge in [-0.2, -0.15) is 13.9 Å². The molecule has 0 aliphatic carbocycles. The maximum Gasteiger partial charge on any atom is 0.333 e. The van der Waals surface area contributed by atoms with Crippen molar-refractivity contribution in [2.24, 2.45) is 0 Å². The molecule has 1 amide bonds. The summed E-state index contributed by atoms with van der Waals surface area (Å²) in [4.78, 5) is 11.2. The molecule has 0 radical (unpaired) electrons. The predicted octanol–water partition coefficient (Wildman–Crippen LogP) is 2.86. The highest BCUT2D eigenvalue weighted by atomic mass is 19.3. The van der Waals surface area contributed by atoms with Crippen LogP contribution in [0.25, 0.3) is 11.1 Å². The average molecular weight is 291 g/mol. The van der Waals surface area contributed by atoms with Crippen LogP contribution in [0.5, 0.6) is 0 Å². The molecule has 2 aromatic rings. The first-order valence-corrected chi connectivity index (χ1v) is 6.75. The Hall–Kier alpha value is -2.24. The van der Waals surface area contributed by atoms with E-state index in [0.717, 1.165) is 11.1 Å². The van der Waals surface area contributed by atoms with E-state index in [1.807, 2.05) is 24.3 Å². The molecule has 3 rings (SSSR count). The summed E-state index contributed by atoms with van der Waals surface area (Å²) in [7, 11) is 0. The maximum absolute atomic E-state index is 12.6. The molecule has 2 heterocycles. The van der Waals surface area contributed by atoms with Crippen molar-refractivity contribution >= 4 is 5.91 Å². The van der Waals surface area contributed by atoms with Gasteiger partial charge in [-0.25, -0.2) is 4.68 Å². The van der Waals surface area contributed by atoms with Crippen molar-refractivity contribution in [2.45, 2.75) is 25.8 Å². The van der Waals surface area contributed by atoms with Crippen molar-refractivity contribution in [3.63, 3.8) is 0 Å². The summed E-state index contributed by atoms with van der Waals surface area (Å²) in [5.41, 5.74) is 3.19. The van der Waals surface area contributed by atoms with Crippen molar-refractivity contribution in [3.05, 3.63) is 41.7 Å². The molecule has 0 spiro atoms. The van der Waals surface area contributed by atoms with E-state index >= 15 is 0 Å². The molecule has 0 bridgehead atoms. The first kappa shape index (κ1) is 13.7. The van der Waals surface area contributed by atoms with Crippen LogP contribution in [0.2, 0.25) is 0 Å². The summed E-state index contributed by atoms with van der Waals surface area (Å²) in [6, 6.07) is 7.66. The SMILES string of the molecule is Cc1nn(C(F)F)cc1-c1ccc(C2CNC(=O)C2)cc1. The van der Waals surface area contributed by atoms with Gasteiger partial charge in [0.25, 0.3) is 0 Å². The van der Waals surface area contributed by atoms with Crippen LogP contribution in [0.3, 0.4) is 0 Å². The number of nitrogens with one attached hydrogen (secondary N) is 1. The van der Waals surface area contributed by atoms with Gasteiger partial charge in [-0.05, 0) is 18.1 Å². The van der Waals surface area contributed by atoms with E-state index in [1.54, 1.807) is 6.92 Å². The molecule has 1 aromatic carbocycles. The van der Waals surface area contributed by atoms with Gasteiger partial charge < -0.3 is 5.32 Å². The predicted molar refractivity (Wildman–Crippen MR) is 74.0 cm³/mol. The number of rotatable bonds is 3. The third kappa shape index (κ3) is 2.66. The topological polar surface area (TPSA) is 46.9 Å². The van der Waals surface area contributed by atoms with Gasteiger partial charge in [0.2, 0.25) is 5.91 Å². The number of hydrogen-bond donors (Lipinski definition) is 1. The second-order valence-corrected chi connectivity index (χ2v) is 5.21. The summed E-state index contributed by atoms with van der Waals surface area (Å²) in [5, 5.41) is 6.61. The summed E-state index contributed by atoms with van der Waals surface area (Å²) in [5.74, 6) is 0.259. The van der Waals surface area contributed by atoms with Crippen LogP contribution >= 0.6 is 0 Å². The van der Waals surface area contributed by atoms with Gasteiger partial charge in [-0.15, -0.1) is 0 Å². The van der Waals surface area contributed by atoms with E-state index in [9.17, 15) is 13.6 Å². The molecule has 1 fully saturated rings. The molecule has 110 valence electrons. The zero-order chi connectivity index (χ0) is 15.0. The third-order valence-electron chi connectivity index (χ3n) is 3.79. The molecule has 1 N–H and O–H groups in total. The fourth-order valence-corrected chi connectivity index (χ4v) is 2.64. The highest BCUT2D eigenvalue weighted by molar-refractivity contribution is 5.79. The van der Waals surface area contributed by atoms with Crippen molar-refractivity contribution in [1.29, 1.82) is 0 Å². The average Bonchev–Trinajstić information content (AvgIpc) is 3.05. The number of hydrogen-bond acceptors (Lipinski definition) is 2. The Labute approximate surface area is 120 Å². The highest BCUT2D eigenvalue weighted by Gasteiger charge is 2.23. The Bertz CT molecular complexity index is 664. The second kappa shape index (κ2) is 5.27. The van der Waals surface area contributed by atoms with Crippen LogP contribution in [0, 0.1) is 6.92 Å². The normalized spacial score (nSPS) is 18.3. The monoisotopic (exact) mass is 291 g/mol. The Morgan fingerprint density at radius 1 is 1.33 bits per heavy atom. The number of nitrogens with zero attached hydrogens (tertiary/aromatic N) is 2. The van der Waals surface area contributed by atoms with Crippen molar-refractivity contribution in [3.8, 4) is 11.1 Å². The van der Waals surface area contributed by atoms with Gasteiger partial charge in [0.05, 0.1) is 5.69 Å². The van der Waals surface area contributed by atoms with E-state index in [1.165, 1.54) is 6.20 Å². The minimum atomic E-state index is -2.63. The Morgan fingerprint density at radius 3 is 2.57 bits per heavy atom. The summed E-state index contributed by atoms with van der Waals surface area (Å²) in [6.07, 6.45) is 1.86. The molecular formula is C15H15F2N3O. The minimum absolute atomic E-state index is 0.0677. The molecule has 21 heavy (non-hydrogen) atoms. The van der Waals surface area contributed by atoms with Gasteiger partial charge in [0.1, 0.15) is 0 Å². The molecular weight excluding hydrogens is 276 g/mol. The second-order valence-electron chi connectivity index (χ2n) is 5.21. The molecule has 1 aliphatic heterocycles. The van der Waals surface area contributed by atoms with Crippen LogP contribution in [-0.4, -0.2) is 22.2 Å². The van der Waals surface area contributed by atoms with Crippen LogP contribution in [0.15, 0.2) is 30.5 Å². The van der Waals surface area contributed by atoms with Gasteiger partial charge in [-0.3, -0.25) is 4.79 Å². The Kier molecular flexibility index (Phi) is 3.45. The molecule has 4 nitrogen and oxygen atoms in total. The quantitative estimate of drug-likeness (QED) is 0.945. The zero-order valence-electron chi connectivity index (χ0n) is 11.5. The lowest BCUT2D eigenvalue weighted by Crippen LogP contribution is -2.13. The lowest BCUT2D eigenvalue weighted by Gasteiger charge is -2.08. The first-order chi connectivity index (χ1) is 10.0. The van der Waals surface area contributed by atoms with E-state index in [4.69, 9.17) is 0 Å². The van der Waals surface area contributed by atoms with Gasteiger partial charge >= 0.3 is 6.55 Å². The van der Waals surface area contributed by atoms with Gasteiger partial charge in [0.15, 0.2) is 0 Å². The van der Waals surface area contributed by atoms with Crippen molar-refractivity contribution < 1.29 is 13.6 Å². The van der Waals surface area contributed by atoms with Crippen molar-refractivity contribution in [1.82, 2.24) is 15.1 Å². The van der Waals surface area contributed by atoms with E-state index in [-0.39, 0.29) is 11.8 Å². The molecule has 1 saturated heterocycles. The largest absolute Gasteiger partial charge is 0.355 e. The zero-order valence-corrected chi connectivity index (χ0v) is 11.5. The molecule has 1 unspecified atom stereocenters. The van der Waals surface area contributed by atoms with E-state index in [0.29, 0.717) is 28.9 Å². The lowest BCUT2D eigenvalue weighted by atomic mass is 9.96.